The van der Waals surface area contributed by atoms with Gasteiger partial charge in [0, 0.05) is 0 Å². The third kappa shape index (κ3) is 1.36. The summed E-state index contributed by atoms with van der Waals surface area (Å²) in [5.74, 6) is 0. The van der Waals surface area contributed by atoms with Gasteiger partial charge in [0.05, 0.1) is 0 Å². The van der Waals surface area contributed by atoms with Gasteiger partial charge >= 0.3 is 6.83 Å². The molecule has 0 bridgehead atoms. The van der Waals surface area contributed by atoms with E-state index >= 15 is 0 Å². The lowest BCUT2D eigenvalue weighted by Crippen LogP contribution is -2.19. The molecule has 0 aromatic carbocycles. The summed E-state index contributed by atoms with van der Waals surface area (Å²) < 4.78 is 0. The Bertz CT molecular complexity index is 53.7. The fourth-order valence-electron chi connectivity index (χ4n) is 0.839. The number of halogens is 1. The van der Waals surface area contributed by atoms with E-state index in [1.165, 1.54) is 12.8 Å². The highest BCUT2D eigenvalue weighted by molar-refractivity contribution is 6.92. The molecule has 1 heterocycles. The van der Waals surface area contributed by atoms with E-state index in [0.29, 0.717) is 0 Å². The Morgan fingerprint density at radius 1 is 1.29 bits per heavy atom. The van der Waals surface area contributed by atoms with Gasteiger partial charge in [-0.3, -0.25) is 0 Å². The standard InChI is InChI=1S/C4H8BClN/c6-5-7-3-1-2-4-7/h1-4H2. The van der Waals surface area contributed by atoms with Crippen molar-refractivity contribution >= 4 is 18.3 Å². The molecule has 1 aliphatic heterocycles. The van der Waals surface area contributed by atoms with Crippen molar-refractivity contribution in [1.29, 1.82) is 0 Å². The second-order valence-electron chi connectivity index (χ2n) is 1.84. The van der Waals surface area contributed by atoms with Gasteiger partial charge in [-0.2, -0.15) is 11.5 Å². The number of hydrogen-bond donors (Lipinski definition) is 0. The summed E-state index contributed by atoms with van der Waals surface area (Å²) in [6.45, 7) is 3.96. The van der Waals surface area contributed by atoms with Crippen LogP contribution in [0.15, 0.2) is 0 Å². The van der Waals surface area contributed by atoms with Gasteiger partial charge in [0.25, 0.3) is 0 Å². The zero-order valence-electron chi connectivity index (χ0n) is 4.23. The Balaban J connectivity index is 2.14. The molecular formula is C4H8BClN. The molecule has 1 rings (SSSR count). The minimum absolute atomic E-state index is 1.16. The first-order valence-electron chi connectivity index (χ1n) is 2.61. The Morgan fingerprint density at radius 2 is 1.86 bits per heavy atom. The quantitative estimate of drug-likeness (QED) is 0.459. The first-order valence-corrected chi connectivity index (χ1v) is 3.05. The van der Waals surface area contributed by atoms with Crippen LogP contribution in [0.1, 0.15) is 12.8 Å². The van der Waals surface area contributed by atoms with Crippen molar-refractivity contribution in [2.75, 3.05) is 13.1 Å². The Morgan fingerprint density at radius 3 is 2.14 bits per heavy atom. The van der Waals surface area contributed by atoms with E-state index in [2.05, 4.69) is 4.81 Å². The SMILES string of the molecule is Cl[B]N1CCCC1. The smallest absolute Gasteiger partial charge is 0.332 e. The van der Waals surface area contributed by atoms with Crippen LogP contribution in [0.3, 0.4) is 0 Å². The zero-order chi connectivity index (χ0) is 5.11. The lowest BCUT2D eigenvalue weighted by Gasteiger charge is -2.05. The summed E-state index contributed by atoms with van der Waals surface area (Å²) >= 11 is 5.41. The Kier molecular flexibility index (Phi) is 2.01. The van der Waals surface area contributed by atoms with Crippen molar-refractivity contribution in [3.05, 3.63) is 0 Å². The van der Waals surface area contributed by atoms with E-state index in [-0.39, 0.29) is 0 Å². The van der Waals surface area contributed by atoms with Gasteiger partial charge in [0.1, 0.15) is 0 Å². The molecule has 0 aromatic rings. The third-order valence-corrected chi connectivity index (χ3v) is 1.55. The van der Waals surface area contributed by atoms with E-state index in [9.17, 15) is 0 Å². The molecule has 1 saturated heterocycles. The van der Waals surface area contributed by atoms with Crippen molar-refractivity contribution in [2.24, 2.45) is 0 Å². The molecular weight excluding hydrogens is 108 g/mol. The largest absolute Gasteiger partial charge is 0.335 e. The molecule has 0 aliphatic carbocycles. The summed E-state index contributed by atoms with van der Waals surface area (Å²) in [7, 11) is 0. The van der Waals surface area contributed by atoms with Crippen LogP contribution < -0.4 is 0 Å². The third-order valence-electron chi connectivity index (χ3n) is 1.28. The van der Waals surface area contributed by atoms with Crippen molar-refractivity contribution in [1.82, 2.24) is 4.81 Å². The predicted molar refractivity (Wildman–Crippen MR) is 32.4 cm³/mol. The van der Waals surface area contributed by atoms with E-state index in [1.807, 2.05) is 0 Å². The molecule has 1 radical (unpaired) electrons. The fraction of sp³-hybridized carbons (Fsp3) is 1.00. The topological polar surface area (TPSA) is 3.24 Å². The van der Waals surface area contributed by atoms with Crippen LogP contribution in [0.2, 0.25) is 0 Å². The number of hydrogen-bond acceptors (Lipinski definition) is 1. The maximum Gasteiger partial charge on any atom is 0.335 e. The maximum atomic E-state index is 5.41. The molecule has 39 valence electrons. The average Bonchev–Trinajstić information content (AvgIpc) is 2.14. The molecule has 0 N–H and O–H groups in total. The highest BCUT2D eigenvalue weighted by atomic mass is 35.5. The molecule has 3 heteroatoms. The number of nitrogens with zero attached hydrogens (tertiary/aromatic N) is 1. The van der Waals surface area contributed by atoms with Gasteiger partial charge in [0.15, 0.2) is 0 Å². The minimum atomic E-state index is 1.16. The van der Waals surface area contributed by atoms with Crippen LogP contribution in [0.5, 0.6) is 0 Å². The summed E-state index contributed by atoms with van der Waals surface area (Å²) in [6.07, 6.45) is 2.62. The summed E-state index contributed by atoms with van der Waals surface area (Å²) in [6, 6.07) is 0. The first kappa shape index (κ1) is 5.45. The molecule has 0 saturated carbocycles. The van der Waals surface area contributed by atoms with E-state index in [4.69, 9.17) is 11.5 Å². The monoisotopic (exact) mass is 116 g/mol. The molecule has 0 unspecified atom stereocenters. The van der Waals surface area contributed by atoms with Crippen LogP contribution in [0.25, 0.3) is 0 Å². The molecule has 0 atom stereocenters. The fourth-order valence-corrected chi connectivity index (χ4v) is 1.03. The van der Waals surface area contributed by atoms with Gasteiger partial charge in [-0.1, -0.05) is 0 Å². The van der Waals surface area contributed by atoms with Crippen molar-refractivity contribution in [3.8, 4) is 0 Å². The number of rotatable bonds is 1. The summed E-state index contributed by atoms with van der Waals surface area (Å²) in [5, 5.41) is 0. The highest BCUT2D eigenvalue weighted by Crippen LogP contribution is 2.05. The van der Waals surface area contributed by atoms with Crippen molar-refractivity contribution < 1.29 is 0 Å². The average molecular weight is 116 g/mol. The highest BCUT2D eigenvalue weighted by Gasteiger charge is 2.09. The second-order valence-corrected chi connectivity index (χ2v) is 2.04. The van der Waals surface area contributed by atoms with E-state index in [1.54, 1.807) is 6.83 Å². The van der Waals surface area contributed by atoms with Crippen molar-refractivity contribution in [3.63, 3.8) is 0 Å². The lowest BCUT2D eigenvalue weighted by atomic mass is 10.3. The van der Waals surface area contributed by atoms with Gasteiger partial charge in [-0.15, -0.1) is 0 Å². The van der Waals surface area contributed by atoms with Crippen molar-refractivity contribution in [2.45, 2.75) is 12.8 Å². The normalized spacial score (nSPS) is 23.0. The first-order chi connectivity index (χ1) is 3.43. The Labute approximate surface area is 49.8 Å². The molecule has 1 aliphatic rings. The van der Waals surface area contributed by atoms with Crippen LogP contribution in [0, 0.1) is 0 Å². The lowest BCUT2D eigenvalue weighted by molar-refractivity contribution is 0.561. The summed E-state index contributed by atoms with van der Waals surface area (Å²) in [4.78, 5) is 2.13. The molecule has 1 nitrogen and oxygen atoms in total. The van der Waals surface area contributed by atoms with Gasteiger partial charge in [-0.25, -0.2) is 0 Å². The molecule has 7 heavy (non-hydrogen) atoms. The maximum absolute atomic E-state index is 5.41. The van der Waals surface area contributed by atoms with Gasteiger partial charge < -0.3 is 4.81 Å². The van der Waals surface area contributed by atoms with E-state index in [0.717, 1.165) is 13.1 Å². The van der Waals surface area contributed by atoms with Gasteiger partial charge in [0.2, 0.25) is 0 Å². The van der Waals surface area contributed by atoms with Crippen LogP contribution in [-0.2, 0) is 0 Å². The molecule has 0 spiro atoms. The molecule has 1 fully saturated rings. The van der Waals surface area contributed by atoms with Gasteiger partial charge in [-0.05, 0) is 25.9 Å². The molecule has 0 aromatic heterocycles. The second kappa shape index (κ2) is 2.58. The predicted octanol–water partition coefficient (Wildman–Crippen LogP) is 0.855. The zero-order valence-corrected chi connectivity index (χ0v) is 4.99. The van der Waals surface area contributed by atoms with E-state index < -0.39 is 0 Å². The van der Waals surface area contributed by atoms with Crippen LogP contribution in [-0.4, -0.2) is 24.7 Å². The minimum Gasteiger partial charge on any atom is -0.332 e. The summed E-state index contributed by atoms with van der Waals surface area (Å²) in [5.41, 5.74) is 0. The van der Waals surface area contributed by atoms with Crippen LogP contribution >= 0.6 is 11.5 Å². The van der Waals surface area contributed by atoms with Crippen LogP contribution in [0.4, 0.5) is 0 Å². The Hall–Kier alpha value is 0.315. The molecule has 0 amide bonds.